The van der Waals surface area contributed by atoms with Gasteiger partial charge in [0.1, 0.15) is 12.4 Å². The minimum absolute atomic E-state index is 0. The molecule has 26 heavy (non-hydrogen) atoms. The van der Waals surface area contributed by atoms with Crippen LogP contribution < -0.4 is 5.32 Å². The Hall–Kier alpha value is -0.910. The van der Waals surface area contributed by atoms with Gasteiger partial charge >= 0.3 is 0 Å². The summed E-state index contributed by atoms with van der Waals surface area (Å²) >= 11 is 0. The van der Waals surface area contributed by atoms with Crippen LogP contribution in [0.25, 0.3) is 0 Å². The van der Waals surface area contributed by atoms with Crippen molar-refractivity contribution in [1.82, 2.24) is 25.0 Å². The topological polar surface area (TPSA) is 92.5 Å². The highest BCUT2D eigenvalue weighted by atomic mass is 127. The summed E-state index contributed by atoms with van der Waals surface area (Å²) in [6.45, 7) is 8.65. The first-order valence-corrected chi connectivity index (χ1v) is 10.7. The summed E-state index contributed by atoms with van der Waals surface area (Å²) in [5.41, 5.74) is 0. The molecule has 2 aliphatic rings. The Morgan fingerprint density at radius 2 is 2.04 bits per heavy atom. The summed E-state index contributed by atoms with van der Waals surface area (Å²) in [6, 6.07) is 0. The third kappa shape index (κ3) is 4.32. The molecule has 1 saturated heterocycles. The van der Waals surface area contributed by atoms with Gasteiger partial charge < -0.3 is 14.8 Å². The molecule has 0 atom stereocenters. The summed E-state index contributed by atoms with van der Waals surface area (Å²) in [5.74, 6) is 2.84. The SMILES string of the molecule is CCNC(=NCc1nnc2n1CCCC2)N1CCS(=O)(=O)C(C)(C)C1.I. The third-order valence-electron chi connectivity index (χ3n) is 4.98. The van der Waals surface area contributed by atoms with Crippen LogP contribution in [0.5, 0.6) is 0 Å². The van der Waals surface area contributed by atoms with E-state index in [0.717, 1.165) is 43.5 Å². The summed E-state index contributed by atoms with van der Waals surface area (Å²) < 4.78 is 25.9. The molecule has 8 nitrogen and oxygen atoms in total. The maximum Gasteiger partial charge on any atom is 0.194 e. The predicted molar refractivity (Wildman–Crippen MR) is 113 cm³/mol. The number of guanidine groups is 1. The molecule has 1 aromatic rings. The molecule has 0 amide bonds. The highest BCUT2D eigenvalue weighted by molar-refractivity contribution is 14.0. The summed E-state index contributed by atoms with van der Waals surface area (Å²) in [6.07, 6.45) is 3.30. The first kappa shape index (κ1) is 21.4. The van der Waals surface area contributed by atoms with E-state index in [2.05, 4.69) is 20.1 Å². The van der Waals surface area contributed by atoms with E-state index < -0.39 is 14.6 Å². The number of nitrogens with one attached hydrogen (secondary N) is 1. The van der Waals surface area contributed by atoms with E-state index >= 15 is 0 Å². The molecule has 2 aliphatic heterocycles. The molecule has 0 spiro atoms. The van der Waals surface area contributed by atoms with Gasteiger partial charge in [-0.05, 0) is 33.6 Å². The lowest BCUT2D eigenvalue weighted by Gasteiger charge is -2.39. The lowest BCUT2D eigenvalue weighted by Crippen LogP contribution is -2.57. The molecule has 0 aliphatic carbocycles. The predicted octanol–water partition coefficient (Wildman–Crippen LogP) is 1.21. The van der Waals surface area contributed by atoms with Crippen LogP contribution in [0.4, 0.5) is 0 Å². The number of sulfone groups is 1. The standard InChI is InChI=1S/C16H28N6O2S.HI/c1-4-17-15(21-9-10-25(23,24)16(2,3)12-21)18-11-14-20-19-13-7-5-6-8-22(13)14;/h4-12H2,1-3H3,(H,17,18);1H. The third-order valence-corrected chi connectivity index (χ3v) is 7.52. The number of halogens is 1. The molecular weight excluding hydrogens is 467 g/mol. The summed E-state index contributed by atoms with van der Waals surface area (Å²) in [7, 11) is -3.06. The van der Waals surface area contributed by atoms with Gasteiger partial charge in [0.2, 0.25) is 0 Å². The van der Waals surface area contributed by atoms with Crippen LogP contribution in [0.3, 0.4) is 0 Å². The fourth-order valence-corrected chi connectivity index (χ4v) is 4.75. The number of hydrogen-bond acceptors (Lipinski definition) is 5. The maximum absolute atomic E-state index is 12.2. The van der Waals surface area contributed by atoms with E-state index in [1.165, 1.54) is 6.42 Å². The quantitative estimate of drug-likeness (QED) is 0.384. The lowest BCUT2D eigenvalue weighted by atomic mass is 10.2. The fourth-order valence-electron chi connectivity index (χ4n) is 3.38. The molecule has 148 valence electrons. The lowest BCUT2D eigenvalue weighted by molar-refractivity contribution is 0.353. The largest absolute Gasteiger partial charge is 0.357 e. The fraction of sp³-hybridized carbons (Fsp3) is 0.812. The molecular formula is C16H29IN6O2S. The molecule has 0 unspecified atom stereocenters. The summed E-state index contributed by atoms with van der Waals surface area (Å²) in [4.78, 5) is 6.75. The second-order valence-corrected chi connectivity index (χ2v) is 10.1. The minimum Gasteiger partial charge on any atom is -0.357 e. The average molecular weight is 496 g/mol. The van der Waals surface area contributed by atoms with Crippen LogP contribution in [-0.2, 0) is 29.3 Å². The first-order valence-electron chi connectivity index (χ1n) is 9.00. The Morgan fingerprint density at radius 3 is 2.73 bits per heavy atom. The maximum atomic E-state index is 12.2. The number of hydrogen-bond donors (Lipinski definition) is 1. The first-order chi connectivity index (χ1) is 11.8. The average Bonchev–Trinajstić information content (AvgIpc) is 2.97. The number of aliphatic imine (C=N–C) groups is 1. The molecule has 1 fully saturated rings. The molecule has 0 aromatic carbocycles. The zero-order valence-electron chi connectivity index (χ0n) is 15.7. The van der Waals surface area contributed by atoms with Crippen molar-refractivity contribution in [3.8, 4) is 0 Å². The van der Waals surface area contributed by atoms with Crippen molar-refractivity contribution in [2.24, 2.45) is 4.99 Å². The monoisotopic (exact) mass is 496 g/mol. The molecule has 1 aromatic heterocycles. The van der Waals surface area contributed by atoms with E-state index in [4.69, 9.17) is 4.99 Å². The Balaban J connectivity index is 0.00000243. The van der Waals surface area contributed by atoms with Gasteiger partial charge in [0, 0.05) is 32.6 Å². The van der Waals surface area contributed by atoms with E-state index in [0.29, 0.717) is 19.6 Å². The van der Waals surface area contributed by atoms with Crippen LogP contribution in [0, 0.1) is 0 Å². The van der Waals surface area contributed by atoms with E-state index in [9.17, 15) is 8.42 Å². The number of nitrogens with zero attached hydrogens (tertiary/aromatic N) is 5. The van der Waals surface area contributed by atoms with E-state index in [-0.39, 0.29) is 29.7 Å². The number of aryl methyl sites for hydroxylation is 1. The van der Waals surface area contributed by atoms with Crippen molar-refractivity contribution in [2.75, 3.05) is 25.4 Å². The van der Waals surface area contributed by atoms with Gasteiger partial charge in [-0.2, -0.15) is 0 Å². The van der Waals surface area contributed by atoms with Crippen LogP contribution in [0.1, 0.15) is 45.3 Å². The van der Waals surface area contributed by atoms with Crippen molar-refractivity contribution in [3.05, 3.63) is 11.6 Å². The van der Waals surface area contributed by atoms with Crippen LogP contribution in [0.2, 0.25) is 0 Å². The zero-order valence-corrected chi connectivity index (χ0v) is 18.9. The Kier molecular flexibility index (Phi) is 6.92. The van der Waals surface area contributed by atoms with Gasteiger partial charge in [-0.3, -0.25) is 0 Å². The van der Waals surface area contributed by atoms with Gasteiger partial charge in [0.15, 0.2) is 21.6 Å². The van der Waals surface area contributed by atoms with Crippen molar-refractivity contribution >= 4 is 39.8 Å². The van der Waals surface area contributed by atoms with Gasteiger partial charge in [0.25, 0.3) is 0 Å². The van der Waals surface area contributed by atoms with Crippen molar-refractivity contribution in [3.63, 3.8) is 0 Å². The summed E-state index contributed by atoms with van der Waals surface area (Å²) in [5, 5.41) is 11.8. The minimum atomic E-state index is -3.06. The second-order valence-electron chi connectivity index (χ2n) is 7.31. The Labute approximate surface area is 172 Å². The zero-order chi connectivity index (χ0) is 18.1. The number of fused-ring (bicyclic) bond motifs is 1. The number of aromatic nitrogens is 3. The molecule has 3 rings (SSSR count). The van der Waals surface area contributed by atoms with Gasteiger partial charge in [-0.25, -0.2) is 13.4 Å². The Morgan fingerprint density at radius 1 is 1.27 bits per heavy atom. The van der Waals surface area contributed by atoms with Crippen LogP contribution in [-0.4, -0.2) is 64.2 Å². The molecule has 3 heterocycles. The molecule has 0 bridgehead atoms. The van der Waals surface area contributed by atoms with Crippen LogP contribution in [0.15, 0.2) is 4.99 Å². The highest BCUT2D eigenvalue weighted by Gasteiger charge is 2.41. The van der Waals surface area contributed by atoms with E-state index in [1.54, 1.807) is 13.8 Å². The number of rotatable bonds is 3. The van der Waals surface area contributed by atoms with Crippen molar-refractivity contribution in [1.29, 1.82) is 0 Å². The highest BCUT2D eigenvalue weighted by Crippen LogP contribution is 2.24. The Bertz CT molecular complexity index is 759. The molecule has 10 heteroatoms. The molecule has 1 N–H and O–H groups in total. The van der Waals surface area contributed by atoms with Gasteiger partial charge in [-0.1, -0.05) is 0 Å². The van der Waals surface area contributed by atoms with Crippen molar-refractivity contribution < 1.29 is 8.42 Å². The van der Waals surface area contributed by atoms with Crippen LogP contribution >= 0.6 is 24.0 Å². The molecule has 0 radical (unpaired) electrons. The van der Waals surface area contributed by atoms with E-state index in [1.807, 2.05) is 11.8 Å². The normalized spacial score (nSPS) is 21.7. The second kappa shape index (κ2) is 8.41. The smallest absolute Gasteiger partial charge is 0.194 e. The van der Waals surface area contributed by atoms with Crippen molar-refractivity contribution in [2.45, 2.75) is 57.9 Å². The van der Waals surface area contributed by atoms with Gasteiger partial charge in [-0.15, -0.1) is 34.2 Å². The molecule has 0 saturated carbocycles. The van der Waals surface area contributed by atoms with Gasteiger partial charge in [0.05, 0.1) is 10.5 Å².